The molecule has 1 atom stereocenters. The van der Waals surface area contributed by atoms with E-state index in [0.717, 1.165) is 10.5 Å². The Morgan fingerprint density at radius 1 is 1.28 bits per heavy atom. The Balaban J connectivity index is 2.01. The molecular weight excluding hydrogens is 364 g/mol. The number of fused-ring (bicyclic) bond motifs is 1. The molecule has 0 aliphatic carbocycles. The molecule has 1 saturated heterocycles. The van der Waals surface area contributed by atoms with Gasteiger partial charge in [-0.3, -0.25) is 14.6 Å². The number of carbonyl (C=O) groups is 2. The summed E-state index contributed by atoms with van der Waals surface area (Å²) < 4.78 is 1.83. The molecule has 9 heteroatoms. The molecule has 0 saturated carbocycles. The number of thioether (sulfide) groups is 1. The summed E-state index contributed by atoms with van der Waals surface area (Å²) >= 11 is 7.61. The molecular formula is C16H18ClN4O3S+. The molecule has 1 aromatic carbocycles. The van der Waals surface area contributed by atoms with Crippen molar-refractivity contribution in [2.75, 3.05) is 26.5 Å². The molecule has 0 bridgehead atoms. The van der Waals surface area contributed by atoms with E-state index in [1.807, 2.05) is 22.8 Å². The molecule has 2 aliphatic rings. The van der Waals surface area contributed by atoms with E-state index in [-0.39, 0.29) is 12.5 Å². The van der Waals surface area contributed by atoms with Crippen LogP contribution in [0.25, 0.3) is 0 Å². The van der Waals surface area contributed by atoms with Gasteiger partial charge in [0.25, 0.3) is 17.8 Å². The summed E-state index contributed by atoms with van der Waals surface area (Å²) in [7, 11) is 3.06. The van der Waals surface area contributed by atoms with Gasteiger partial charge in [-0.25, -0.2) is 9.37 Å². The first kappa shape index (κ1) is 17.9. The van der Waals surface area contributed by atoms with E-state index < -0.39 is 12.1 Å². The van der Waals surface area contributed by atoms with E-state index in [9.17, 15) is 9.59 Å². The highest BCUT2D eigenvalue weighted by Gasteiger charge is 2.53. The van der Waals surface area contributed by atoms with Gasteiger partial charge in [-0.15, -0.1) is 0 Å². The van der Waals surface area contributed by atoms with Crippen molar-refractivity contribution in [3.8, 4) is 0 Å². The quantitative estimate of drug-likeness (QED) is 0.796. The predicted octanol–water partition coefficient (Wildman–Crippen LogP) is 1.24. The highest BCUT2D eigenvalue weighted by molar-refractivity contribution is 8.13. The largest absolute Gasteiger partial charge is 0.396 e. The lowest BCUT2D eigenvalue weighted by Gasteiger charge is -2.30. The maximum Gasteiger partial charge on any atom is 0.358 e. The Morgan fingerprint density at radius 2 is 2.00 bits per heavy atom. The molecule has 25 heavy (non-hydrogen) atoms. The number of urea groups is 1. The van der Waals surface area contributed by atoms with E-state index in [4.69, 9.17) is 16.7 Å². The lowest BCUT2D eigenvalue weighted by molar-refractivity contribution is -0.548. The van der Waals surface area contributed by atoms with Gasteiger partial charge < -0.3 is 5.11 Å². The van der Waals surface area contributed by atoms with Crippen molar-refractivity contribution in [2.45, 2.75) is 12.6 Å². The average molecular weight is 382 g/mol. The van der Waals surface area contributed by atoms with E-state index in [1.165, 1.54) is 23.7 Å². The third kappa shape index (κ3) is 3.17. The molecule has 0 aromatic heterocycles. The number of nitrogens with zero attached hydrogens (tertiary/aromatic N) is 4. The Bertz CT molecular complexity index is 795. The number of benzene rings is 1. The van der Waals surface area contributed by atoms with Crippen LogP contribution in [-0.4, -0.2) is 74.9 Å². The van der Waals surface area contributed by atoms with Gasteiger partial charge in [0.1, 0.15) is 6.54 Å². The van der Waals surface area contributed by atoms with Crippen LogP contribution < -0.4 is 0 Å². The first-order chi connectivity index (χ1) is 12.0. The fourth-order valence-electron chi connectivity index (χ4n) is 2.80. The smallest absolute Gasteiger partial charge is 0.358 e. The van der Waals surface area contributed by atoms with Crippen LogP contribution >= 0.6 is 23.4 Å². The first-order valence-corrected chi connectivity index (χ1v) is 9.06. The van der Waals surface area contributed by atoms with E-state index in [2.05, 4.69) is 4.99 Å². The van der Waals surface area contributed by atoms with Crippen LogP contribution in [0.1, 0.15) is 5.56 Å². The van der Waals surface area contributed by atoms with Gasteiger partial charge in [0.05, 0.1) is 6.61 Å². The molecule has 0 spiro atoms. The summed E-state index contributed by atoms with van der Waals surface area (Å²) in [6, 6.07) is 6.32. The average Bonchev–Trinajstić information content (AvgIpc) is 2.96. The Labute approximate surface area is 154 Å². The zero-order valence-electron chi connectivity index (χ0n) is 13.8. The molecule has 7 nitrogen and oxygen atoms in total. The number of hydrogen-bond acceptors (Lipinski definition) is 5. The second-order valence-electron chi connectivity index (χ2n) is 5.69. The summed E-state index contributed by atoms with van der Waals surface area (Å²) in [5.74, 6) is 0.522. The number of halogens is 1. The van der Waals surface area contributed by atoms with Crippen LogP contribution in [0.4, 0.5) is 4.79 Å². The molecule has 2 heterocycles. The summed E-state index contributed by atoms with van der Waals surface area (Å²) in [5, 5.41) is 10.3. The minimum absolute atomic E-state index is 0.00770. The fourth-order valence-corrected chi connectivity index (χ4v) is 3.76. The van der Waals surface area contributed by atoms with E-state index >= 15 is 0 Å². The van der Waals surface area contributed by atoms with E-state index in [1.54, 1.807) is 13.1 Å². The summed E-state index contributed by atoms with van der Waals surface area (Å²) in [5.41, 5.74) is 0.859. The number of amides is 3. The van der Waals surface area contributed by atoms with Crippen LogP contribution in [0.3, 0.4) is 0 Å². The van der Waals surface area contributed by atoms with Gasteiger partial charge in [0.2, 0.25) is 0 Å². The van der Waals surface area contributed by atoms with Crippen LogP contribution in [0.5, 0.6) is 0 Å². The zero-order chi connectivity index (χ0) is 18.1. The second-order valence-corrected chi connectivity index (χ2v) is 7.15. The Morgan fingerprint density at radius 3 is 2.68 bits per heavy atom. The van der Waals surface area contributed by atoms with Gasteiger partial charge in [0, 0.05) is 30.4 Å². The predicted molar refractivity (Wildman–Crippen MR) is 97.1 cm³/mol. The van der Waals surface area contributed by atoms with Crippen molar-refractivity contribution in [1.29, 1.82) is 0 Å². The van der Waals surface area contributed by atoms with Crippen LogP contribution in [0.15, 0.2) is 29.3 Å². The molecule has 3 amide bonds. The van der Waals surface area contributed by atoms with Crippen molar-refractivity contribution >= 4 is 46.3 Å². The summed E-state index contributed by atoms with van der Waals surface area (Å²) in [6.45, 7) is 0.374. The number of aliphatic hydroxyl groups is 1. The van der Waals surface area contributed by atoms with E-state index in [0.29, 0.717) is 28.3 Å². The summed E-state index contributed by atoms with van der Waals surface area (Å²) in [4.78, 5) is 31.9. The molecule has 2 aliphatic heterocycles. The lowest BCUT2D eigenvalue weighted by Crippen LogP contribution is -2.61. The highest BCUT2D eigenvalue weighted by atomic mass is 35.5. The number of amidine groups is 2. The minimum atomic E-state index is -0.676. The zero-order valence-corrected chi connectivity index (χ0v) is 15.4. The molecule has 1 unspecified atom stereocenters. The maximum absolute atomic E-state index is 12.7. The summed E-state index contributed by atoms with van der Waals surface area (Å²) in [6.07, 6.45) is 0. The van der Waals surface area contributed by atoms with Crippen molar-refractivity contribution in [3.05, 3.63) is 34.9 Å². The van der Waals surface area contributed by atoms with Crippen molar-refractivity contribution in [3.63, 3.8) is 0 Å². The van der Waals surface area contributed by atoms with Crippen LogP contribution in [-0.2, 0) is 11.3 Å². The molecule has 1 aromatic rings. The number of likely N-dealkylation sites (N-methyl/N-ethyl adjacent to an activating group) is 2. The molecule has 1 N–H and O–H groups in total. The highest BCUT2D eigenvalue weighted by Crippen LogP contribution is 2.25. The van der Waals surface area contributed by atoms with Gasteiger partial charge in [-0.2, -0.15) is 0 Å². The van der Waals surface area contributed by atoms with Gasteiger partial charge in [-0.1, -0.05) is 29.8 Å². The maximum atomic E-state index is 12.7. The number of aliphatic hydroxyl groups excluding tert-OH is 1. The standard InChI is InChI=1S/C16H18ClN4O3S/c1-19-13-12(14(23)20(2)16(19)24)21(15(18-13)25-8-7-22)9-10-5-3-4-6-11(10)17/h3-6,12,22H,7-9H2,1-2H3/q+1. The Hall–Kier alpha value is -1.90. The second kappa shape index (κ2) is 7.15. The normalized spacial score (nSPS) is 20.3. The van der Waals surface area contributed by atoms with Gasteiger partial charge in [0.15, 0.2) is 0 Å². The Kier molecular flexibility index (Phi) is 5.12. The van der Waals surface area contributed by atoms with Crippen LogP contribution in [0.2, 0.25) is 5.02 Å². The number of rotatable bonds is 4. The lowest BCUT2D eigenvalue weighted by atomic mass is 10.1. The third-order valence-corrected chi connectivity index (χ3v) is 5.45. The molecule has 0 radical (unpaired) electrons. The third-order valence-electron chi connectivity index (χ3n) is 4.12. The monoisotopic (exact) mass is 381 g/mol. The number of imide groups is 1. The molecule has 1 fully saturated rings. The van der Waals surface area contributed by atoms with Crippen molar-refractivity contribution in [2.24, 2.45) is 4.99 Å². The topological polar surface area (TPSA) is 76.2 Å². The molecule has 3 rings (SSSR count). The fraction of sp³-hybridized carbons (Fsp3) is 0.375. The minimum Gasteiger partial charge on any atom is -0.396 e. The first-order valence-electron chi connectivity index (χ1n) is 7.70. The van der Waals surface area contributed by atoms with Gasteiger partial charge in [-0.05, 0) is 22.8 Å². The SMILES string of the molecule is CN1C(=O)C2C(=NC(SCCO)=[N+]2Cc2ccccc2Cl)N(C)C1=O. The van der Waals surface area contributed by atoms with Crippen LogP contribution in [0, 0.1) is 0 Å². The van der Waals surface area contributed by atoms with Gasteiger partial charge >= 0.3 is 11.2 Å². The molecule has 132 valence electrons. The van der Waals surface area contributed by atoms with Crippen molar-refractivity contribution < 1.29 is 19.3 Å². The number of aliphatic imine (C=N–C) groups is 1. The number of carbonyl (C=O) groups excluding carboxylic acids is 2. The van der Waals surface area contributed by atoms with Crippen molar-refractivity contribution in [1.82, 2.24) is 9.80 Å². The number of hydrogen-bond donors (Lipinski definition) is 1.